The quantitative estimate of drug-likeness (QED) is 0.802. The molecule has 0 radical (unpaired) electrons. The normalized spacial score (nSPS) is 22.8. The highest BCUT2D eigenvalue weighted by Crippen LogP contribution is 2.38. The predicted octanol–water partition coefficient (Wildman–Crippen LogP) is 4.53. The molecule has 2 saturated heterocycles. The third kappa shape index (κ3) is 3.79. The molecule has 4 rings (SSSR count). The zero-order valence-electron chi connectivity index (χ0n) is 16.0. The molecular weight excluding hydrogens is 334 g/mol. The van der Waals surface area contributed by atoms with Crippen molar-refractivity contribution in [2.75, 3.05) is 26.3 Å². The first kappa shape index (κ1) is 18.2. The van der Waals surface area contributed by atoms with Gasteiger partial charge in [0.1, 0.15) is 0 Å². The van der Waals surface area contributed by atoms with Crippen LogP contribution in [0.3, 0.4) is 0 Å². The Balaban J connectivity index is 1.62. The molecule has 0 aromatic heterocycles. The minimum Gasteiger partial charge on any atom is -0.381 e. The first-order chi connectivity index (χ1) is 13.3. The summed E-state index contributed by atoms with van der Waals surface area (Å²) in [5.74, 6) is 0.741. The summed E-state index contributed by atoms with van der Waals surface area (Å²) < 4.78 is 5.63. The summed E-state index contributed by atoms with van der Waals surface area (Å²) in [6.45, 7) is 3.03. The lowest BCUT2D eigenvalue weighted by Crippen LogP contribution is -2.50. The number of ether oxygens (including phenoxy) is 1. The molecule has 0 aliphatic carbocycles. The summed E-state index contributed by atoms with van der Waals surface area (Å²) in [5.41, 5.74) is 2.09. The molecule has 2 aromatic carbocycles. The van der Waals surface area contributed by atoms with Crippen LogP contribution < -0.4 is 0 Å². The Morgan fingerprint density at radius 1 is 0.926 bits per heavy atom. The molecule has 27 heavy (non-hydrogen) atoms. The van der Waals surface area contributed by atoms with Gasteiger partial charge < -0.3 is 9.64 Å². The van der Waals surface area contributed by atoms with Gasteiger partial charge in [-0.05, 0) is 36.8 Å². The molecule has 1 unspecified atom stereocenters. The van der Waals surface area contributed by atoms with Gasteiger partial charge in [-0.3, -0.25) is 4.79 Å². The van der Waals surface area contributed by atoms with Crippen LogP contribution in [0.1, 0.15) is 49.1 Å². The van der Waals surface area contributed by atoms with Crippen molar-refractivity contribution in [3.8, 4) is 0 Å². The minimum absolute atomic E-state index is 0.305. The number of likely N-dealkylation sites (tertiary alicyclic amines) is 1. The van der Waals surface area contributed by atoms with Crippen molar-refractivity contribution in [3.05, 3.63) is 71.8 Å². The van der Waals surface area contributed by atoms with Crippen LogP contribution in [0, 0.1) is 0 Å². The van der Waals surface area contributed by atoms with E-state index >= 15 is 0 Å². The van der Waals surface area contributed by atoms with Gasteiger partial charge in [-0.2, -0.15) is 0 Å². The van der Waals surface area contributed by atoms with Crippen LogP contribution in [0.2, 0.25) is 0 Å². The maximum atomic E-state index is 13.9. The molecule has 2 aliphatic heterocycles. The Hall–Kier alpha value is -2.13. The summed E-state index contributed by atoms with van der Waals surface area (Å²) in [4.78, 5) is 16.0. The molecule has 3 heteroatoms. The lowest BCUT2D eigenvalue weighted by molar-refractivity contribution is -0.141. The van der Waals surface area contributed by atoms with Crippen LogP contribution in [0.4, 0.5) is 0 Å². The average Bonchev–Trinajstić information content (AvgIpc) is 3.01. The van der Waals surface area contributed by atoms with Crippen molar-refractivity contribution in [1.82, 2.24) is 4.90 Å². The standard InChI is InChI=1S/C24H29NO2/c26-23(24(14-17-27-18-15-24)22-12-5-2-6-13-22)25-16-8-7-11-21(19-25)20-9-3-1-4-10-20/h1-6,9-10,12-13,21H,7-8,11,14-19H2. The molecule has 142 valence electrons. The summed E-state index contributed by atoms with van der Waals surface area (Å²) in [7, 11) is 0. The highest BCUT2D eigenvalue weighted by atomic mass is 16.5. The van der Waals surface area contributed by atoms with E-state index in [4.69, 9.17) is 4.74 Å². The van der Waals surface area contributed by atoms with E-state index in [0.717, 1.165) is 44.3 Å². The Morgan fingerprint density at radius 2 is 1.59 bits per heavy atom. The number of hydrogen-bond donors (Lipinski definition) is 0. The topological polar surface area (TPSA) is 29.5 Å². The van der Waals surface area contributed by atoms with Crippen molar-refractivity contribution < 1.29 is 9.53 Å². The summed E-state index contributed by atoms with van der Waals surface area (Å²) in [5, 5.41) is 0. The van der Waals surface area contributed by atoms with Crippen LogP contribution in [0.5, 0.6) is 0 Å². The van der Waals surface area contributed by atoms with E-state index in [1.807, 2.05) is 6.07 Å². The first-order valence-corrected chi connectivity index (χ1v) is 10.3. The molecular formula is C24H29NO2. The van der Waals surface area contributed by atoms with E-state index < -0.39 is 5.41 Å². The van der Waals surface area contributed by atoms with Gasteiger partial charge in [0.2, 0.25) is 5.91 Å². The van der Waals surface area contributed by atoms with Gasteiger partial charge in [0.25, 0.3) is 0 Å². The Labute approximate surface area is 162 Å². The first-order valence-electron chi connectivity index (χ1n) is 10.3. The number of amides is 1. The maximum absolute atomic E-state index is 13.9. The number of hydrogen-bond acceptors (Lipinski definition) is 2. The van der Waals surface area contributed by atoms with Crippen LogP contribution >= 0.6 is 0 Å². The Bertz CT molecular complexity index is 737. The fraction of sp³-hybridized carbons (Fsp3) is 0.458. The number of carbonyl (C=O) groups excluding carboxylic acids is 1. The highest BCUT2D eigenvalue weighted by Gasteiger charge is 2.44. The molecule has 0 N–H and O–H groups in total. The largest absolute Gasteiger partial charge is 0.381 e. The molecule has 3 nitrogen and oxygen atoms in total. The lowest BCUT2D eigenvalue weighted by Gasteiger charge is -2.40. The third-order valence-corrected chi connectivity index (χ3v) is 6.31. The Kier molecular flexibility index (Phi) is 5.58. The lowest BCUT2D eigenvalue weighted by atomic mass is 9.73. The molecule has 0 saturated carbocycles. The fourth-order valence-electron chi connectivity index (χ4n) is 4.73. The van der Waals surface area contributed by atoms with Crippen molar-refractivity contribution in [3.63, 3.8) is 0 Å². The number of carbonyl (C=O) groups is 1. The van der Waals surface area contributed by atoms with E-state index in [0.29, 0.717) is 25.0 Å². The van der Waals surface area contributed by atoms with Crippen LogP contribution in [0.25, 0.3) is 0 Å². The zero-order valence-corrected chi connectivity index (χ0v) is 16.0. The number of rotatable bonds is 3. The summed E-state index contributed by atoms with van der Waals surface area (Å²) >= 11 is 0. The SMILES string of the molecule is O=C(N1CCCCC(c2ccccc2)C1)C1(c2ccccc2)CCOCC1. The summed E-state index contributed by atoms with van der Waals surface area (Å²) in [6.07, 6.45) is 5.00. The van der Waals surface area contributed by atoms with Crippen LogP contribution in [0.15, 0.2) is 60.7 Å². The molecule has 0 spiro atoms. The van der Waals surface area contributed by atoms with Crippen molar-refractivity contribution in [2.45, 2.75) is 43.4 Å². The van der Waals surface area contributed by atoms with Gasteiger partial charge in [-0.1, -0.05) is 67.1 Å². The minimum atomic E-state index is -0.426. The van der Waals surface area contributed by atoms with Crippen LogP contribution in [-0.2, 0) is 14.9 Å². The van der Waals surface area contributed by atoms with Gasteiger partial charge in [-0.25, -0.2) is 0 Å². The van der Waals surface area contributed by atoms with E-state index in [9.17, 15) is 4.79 Å². The van der Waals surface area contributed by atoms with E-state index in [1.165, 1.54) is 12.0 Å². The van der Waals surface area contributed by atoms with Crippen molar-refractivity contribution >= 4 is 5.91 Å². The summed E-state index contributed by atoms with van der Waals surface area (Å²) in [6, 6.07) is 21.1. The van der Waals surface area contributed by atoms with E-state index in [2.05, 4.69) is 59.5 Å². The average molecular weight is 364 g/mol. The number of benzene rings is 2. The maximum Gasteiger partial charge on any atom is 0.233 e. The monoisotopic (exact) mass is 363 g/mol. The number of nitrogens with zero attached hydrogens (tertiary/aromatic N) is 1. The third-order valence-electron chi connectivity index (χ3n) is 6.31. The Morgan fingerprint density at radius 3 is 2.30 bits per heavy atom. The second kappa shape index (κ2) is 8.26. The second-order valence-corrected chi connectivity index (χ2v) is 7.92. The molecule has 0 bridgehead atoms. The van der Waals surface area contributed by atoms with Gasteiger partial charge in [0, 0.05) is 32.2 Å². The second-order valence-electron chi connectivity index (χ2n) is 7.92. The van der Waals surface area contributed by atoms with Gasteiger partial charge in [-0.15, -0.1) is 0 Å². The predicted molar refractivity (Wildman–Crippen MR) is 108 cm³/mol. The zero-order chi connectivity index (χ0) is 18.5. The van der Waals surface area contributed by atoms with Gasteiger partial charge in [0.15, 0.2) is 0 Å². The molecule has 1 atom stereocenters. The molecule has 2 fully saturated rings. The van der Waals surface area contributed by atoms with Crippen LogP contribution in [-0.4, -0.2) is 37.1 Å². The van der Waals surface area contributed by atoms with Crippen molar-refractivity contribution in [2.24, 2.45) is 0 Å². The molecule has 2 aromatic rings. The van der Waals surface area contributed by atoms with Crippen molar-refractivity contribution in [1.29, 1.82) is 0 Å². The smallest absolute Gasteiger partial charge is 0.233 e. The molecule has 2 aliphatic rings. The van der Waals surface area contributed by atoms with Gasteiger partial charge in [0.05, 0.1) is 5.41 Å². The fourth-order valence-corrected chi connectivity index (χ4v) is 4.73. The van der Waals surface area contributed by atoms with E-state index in [-0.39, 0.29) is 0 Å². The van der Waals surface area contributed by atoms with E-state index in [1.54, 1.807) is 0 Å². The van der Waals surface area contributed by atoms with Gasteiger partial charge >= 0.3 is 0 Å². The highest BCUT2D eigenvalue weighted by molar-refractivity contribution is 5.88. The molecule has 1 amide bonds. The molecule has 2 heterocycles.